The van der Waals surface area contributed by atoms with Gasteiger partial charge < -0.3 is 10.1 Å². The van der Waals surface area contributed by atoms with Gasteiger partial charge in [0.25, 0.3) is 5.91 Å². The van der Waals surface area contributed by atoms with E-state index in [4.69, 9.17) is 0 Å². The Morgan fingerprint density at radius 2 is 1.50 bits per heavy atom. The summed E-state index contributed by atoms with van der Waals surface area (Å²) >= 11 is 0. The van der Waals surface area contributed by atoms with E-state index in [1.54, 1.807) is 48.5 Å². The number of rotatable bonds is 4. The summed E-state index contributed by atoms with van der Waals surface area (Å²) in [6.45, 7) is -0.428. The second kappa shape index (κ2) is 6.16. The van der Waals surface area contributed by atoms with Gasteiger partial charge in [-0.05, 0) is 11.1 Å². The van der Waals surface area contributed by atoms with E-state index in [9.17, 15) is 14.4 Å². The molecule has 1 aliphatic heterocycles. The number of carbonyl (C=O) groups is 3. The normalized spacial score (nSPS) is 16.0. The Morgan fingerprint density at radius 3 is 1.96 bits per heavy atom. The van der Waals surface area contributed by atoms with Gasteiger partial charge in [-0.25, -0.2) is 4.79 Å². The van der Waals surface area contributed by atoms with Gasteiger partial charge in [0.05, 0.1) is 7.11 Å². The minimum Gasteiger partial charge on any atom is -0.468 e. The van der Waals surface area contributed by atoms with E-state index in [1.165, 1.54) is 7.11 Å². The molecule has 0 spiro atoms. The summed E-state index contributed by atoms with van der Waals surface area (Å²) < 4.78 is 4.58. The zero-order chi connectivity index (χ0) is 17.2. The highest BCUT2D eigenvalue weighted by molar-refractivity contribution is 6.11. The van der Waals surface area contributed by atoms with Crippen molar-refractivity contribution in [3.05, 3.63) is 71.8 Å². The highest BCUT2D eigenvalue weighted by Gasteiger charge is 2.54. The molecule has 2 aromatic carbocycles. The van der Waals surface area contributed by atoms with Crippen LogP contribution < -0.4 is 5.32 Å². The second-order valence-electron chi connectivity index (χ2n) is 5.38. The highest BCUT2D eigenvalue weighted by atomic mass is 16.5. The van der Waals surface area contributed by atoms with Crippen molar-refractivity contribution in [1.82, 2.24) is 10.2 Å². The van der Waals surface area contributed by atoms with Gasteiger partial charge in [-0.3, -0.25) is 14.5 Å². The zero-order valence-corrected chi connectivity index (χ0v) is 13.1. The third-order valence-electron chi connectivity index (χ3n) is 4.03. The molecule has 0 aliphatic carbocycles. The molecule has 1 N–H and O–H groups in total. The molecule has 1 aliphatic rings. The molecule has 6 nitrogen and oxygen atoms in total. The van der Waals surface area contributed by atoms with Gasteiger partial charge in [-0.1, -0.05) is 60.7 Å². The number of imide groups is 1. The van der Waals surface area contributed by atoms with Crippen molar-refractivity contribution in [2.45, 2.75) is 5.54 Å². The number of amides is 3. The number of ether oxygens (including phenoxy) is 1. The van der Waals surface area contributed by atoms with E-state index in [1.807, 2.05) is 12.1 Å². The molecular weight excluding hydrogens is 308 g/mol. The van der Waals surface area contributed by atoms with Crippen LogP contribution in [0.5, 0.6) is 0 Å². The Kier molecular flexibility index (Phi) is 4.04. The number of urea groups is 1. The van der Waals surface area contributed by atoms with E-state index in [2.05, 4.69) is 10.1 Å². The molecule has 0 aromatic heterocycles. The molecule has 1 fully saturated rings. The SMILES string of the molecule is COC(=O)CN1C(=O)NC(c2ccccc2)(c2ccccc2)C1=O. The summed E-state index contributed by atoms with van der Waals surface area (Å²) in [6.07, 6.45) is 0. The number of nitrogens with zero attached hydrogens (tertiary/aromatic N) is 1. The zero-order valence-electron chi connectivity index (χ0n) is 13.1. The van der Waals surface area contributed by atoms with Crippen molar-refractivity contribution in [1.29, 1.82) is 0 Å². The maximum absolute atomic E-state index is 13.1. The number of methoxy groups -OCH3 is 1. The molecule has 6 heteroatoms. The summed E-state index contributed by atoms with van der Waals surface area (Å²) in [6, 6.07) is 17.3. The number of esters is 1. The summed E-state index contributed by atoms with van der Waals surface area (Å²) in [5.41, 5.74) is -0.1000. The minimum absolute atomic E-state index is 0.428. The third-order valence-corrected chi connectivity index (χ3v) is 4.03. The summed E-state index contributed by atoms with van der Waals surface area (Å²) in [7, 11) is 1.21. The topological polar surface area (TPSA) is 75.7 Å². The van der Waals surface area contributed by atoms with Crippen LogP contribution in [0.1, 0.15) is 11.1 Å². The first-order valence-corrected chi connectivity index (χ1v) is 7.41. The molecule has 0 unspecified atom stereocenters. The molecular formula is C18H16N2O4. The lowest BCUT2D eigenvalue weighted by Crippen LogP contribution is -2.45. The Morgan fingerprint density at radius 1 is 1.00 bits per heavy atom. The van der Waals surface area contributed by atoms with Gasteiger partial charge in [0.15, 0.2) is 5.54 Å². The lowest BCUT2D eigenvalue weighted by Gasteiger charge is -2.27. The fourth-order valence-corrected chi connectivity index (χ4v) is 2.85. The lowest BCUT2D eigenvalue weighted by molar-refractivity contribution is -0.145. The van der Waals surface area contributed by atoms with Crippen molar-refractivity contribution < 1.29 is 19.1 Å². The van der Waals surface area contributed by atoms with Crippen LogP contribution in [0.2, 0.25) is 0 Å². The van der Waals surface area contributed by atoms with Crippen molar-refractivity contribution in [2.24, 2.45) is 0 Å². The largest absolute Gasteiger partial charge is 0.468 e. The van der Waals surface area contributed by atoms with E-state index in [-0.39, 0.29) is 0 Å². The van der Waals surface area contributed by atoms with Crippen LogP contribution >= 0.6 is 0 Å². The molecule has 24 heavy (non-hydrogen) atoms. The maximum Gasteiger partial charge on any atom is 0.326 e. The molecule has 0 radical (unpaired) electrons. The van der Waals surface area contributed by atoms with E-state index < -0.39 is 30.0 Å². The molecule has 1 heterocycles. The fraction of sp³-hybridized carbons (Fsp3) is 0.167. The first-order chi connectivity index (χ1) is 11.6. The van der Waals surface area contributed by atoms with Crippen molar-refractivity contribution in [3.8, 4) is 0 Å². The fourth-order valence-electron chi connectivity index (χ4n) is 2.85. The molecule has 3 amide bonds. The summed E-state index contributed by atoms with van der Waals surface area (Å²) in [4.78, 5) is 37.9. The van der Waals surface area contributed by atoms with Crippen LogP contribution in [0, 0.1) is 0 Å². The summed E-state index contributed by atoms with van der Waals surface area (Å²) in [5.74, 6) is -1.16. The van der Waals surface area contributed by atoms with Crippen LogP contribution in [0.25, 0.3) is 0 Å². The van der Waals surface area contributed by atoms with Gasteiger partial charge in [0.2, 0.25) is 0 Å². The minimum atomic E-state index is -1.35. The highest BCUT2D eigenvalue weighted by Crippen LogP contribution is 2.35. The van der Waals surface area contributed by atoms with Gasteiger partial charge >= 0.3 is 12.0 Å². The summed E-state index contributed by atoms with van der Waals surface area (Å²) in [5, 5.41) is 2.76. The van der Waals surface area contributed by atoms with Crippen molar-refractivity contribution in [3.63, 3.8) is 0 Å². The number of hydrogen-bond donors (Lipinski definition) is 1. The van der Waals surface area contributed by atoms with Gasteiger partial charge in [-0.15, -0.1) is 0 Å². The van der Waals surface area contributed by atoms with Crippen LogP contribution in [0.3, 0.4) is 0 Å². The predicted octanol–water partition coefficient (Wildman–Crippen LogP) is 1.65. The molecule has 0 bridgehead atoms. The number of nitrogens with one attached hydrogen (secondary N) is 1. The Balaban J connectivity index is 2.12. The van der Waals surface area contributed by atoms with Crippen molar-refractivity contribution in [2.75, 3.05) is 13.7 Å². The lowest BCUT2D eigenvalue weighted by atomic mass is 9.82. The van der Waals surface area contributed by atoms with E-state index in [0.29, 0.717) is 11.1 Å². The number of hydrogen-bond acceptors (Lipinski definition) is 4. The Bertz CT molecular complexity index is 735. The van der Waals surface area contributed by atoms with Gasteiger partial charge in [0, 0.05) is 0 Å². The first kappa shape index (κ1) is 15.7. The van der Waals surface area contributed by atoms with E-state index >= 15 is 0 Å². The smallest absolute Gasteiger partial charge is 0.326 e. The van der Waals surface area contributed by atoms with Gasteiger partial charge in [0.1, 0.15) is 6.54 Å². The maximum atomic E-state index is 13.1. The first-order valence-electron chi connectivity index (χ1n) is 7.41. The average Bonchev–Trinajstić information content (AvgIpc) is 2.88. The standard InChI is InChI=1S/C18H16N2O4/c1-24-15(21)12-20-16(22)18(19-17(20)23,13-8-4-2-5-9-13)14-10-6-3-7-11-14/h2-11H,12H2,1H3,(H,19,23). The predicted molar refractivity (Wildman–Crippen MR) is 85.9 cm³/mol. The quantitative estimate of drug-likeness (QED) is 0.685. The third kappa shape index (κ3) is 2.42. The number of benzene rings is 2. The molecule has 0 atom stereocenters. The molecule has 2 aromatic rings. The molecule has 122 valence electrons. The van der Waals surface area contributed by atoms with Crippen LogP contribution in [-0.4, -0.2) is 36.5 Å². The molecule has 3 rings (SSSR count). The average molecular weight is 324 g/mol. The van der Waals surface area contributed by atoms with Gasteiger partial charge in [-0.2, -0.15) is 0 Å². The van der Waals surface area contributed by atoms with Crippen LogP contribution in [-0.2, 0) is 19.9 Å². The van der Waals surface area contributed by atoms with E-state index in [0.717, 1.165) is 4.90 Å². The Hall–Kier alpha value is -3.15. The number of carbonyl (C=O) groups excluding carboxylic acids is 3. The van der Waals surface area contributed by atoms with Crippen LogP contribution in [0.15, 0.2) is 60.7 Å². The van der Waals surface area contributed by atoms with Crippen LogP contribution in [0.4, 0.5) is 4.79 Å². The van der Waals surface area contributed by atoms with Crippen molar-refractivity contribution >= 4 is 17.9 Å². The molecule has 0 saturated carbocycles. The Labute approximate surface area is 139 Å². The second-order valence-corrected chi connectivity index (χ2v) is 5.38. The molecule has 1 saturated heterocycles. The monoisotopic (exact) mass is 324 g/mol.